The number of anilines is 3. The van der Waals surface area contributed by atoms with E-state index in [2.05, 4.69) is 57.6 Å². The van der Waals surface area contributed by atoms with E-state index in [0.717, 1.165) is 54.0 Å². The fraction of sp³-hybridized carbons (Fsp3) is 0.333. The second-order valence-corrected chi connectivity index (χ2v) is 9.89. The number of halogens is 1. The number of allylic oxidation sites excluding steroid dienone is 2. The zero-order valence-corrected chi connectivity index (χ0v) is 22.8. The predicted octanol–water partition coefficient (Wildman–Crippen LogP) is 4.35. The number of aliphatic imine (C=N–C) groups is 1. The molecule has 0 aliphatic heterocycles. The van der Waals surface area contributed by atoms with Crippen molar-refractivity contribution >= 4 is 56.8 Å². The summed E-state index contributed by atoms with van der Waals surface area (Å²) in [6.45, 7) is 4.57. The SMILES string of the molecule is CC1=C(O)C(Nc2ccc(NCCCI)cc2)=CC(=Nc2ccc(NCCC[NH+](C)C)cc2)C1=O. The topological polar surface area (TPSA) is 90.2 Å². The van der Waals surface area contributed by atoms with Gasteiger partial charge in [-0.15, -0.1) is 0 Å². The molecule has 7 nitrogen and oxygen atoms in total. The monoisotopic (exact) mass is 588 g/mol. The number of benzene rings is 2. The molecule has 1 aliphatic carbocycles. The van der Waals surface area contributed by atoms with Crippen LogP contribution in [0.4, 0.5) is 22.7 Å². The molecule has 1 aliphatic rings. The lowest BCUT2D eigenvalue weighted by Crippen LogP contribution is -3.05. The first-order valence-corrected chi connectivity index (χ1v) is 13.4. The highest BCUT2D eigenvalue weighted by Gasteiger charge is 2.24. The summed E-state index contributed by atoms with van der Waals surface area (Å²) < 4.78 is 1.12. The Balaban J connectivity index is 1.69. The summed E-state index contributed by atoms with van der Waals surface area (Å²) in [4.78, 5) is 18.8. The molecule has 35 heavy (non-hydrogen) atoms. The van der Waals surface area contributed by atoms with Crippen molar-refractivity contribution in [3.8, 4) is 0 Å². The molecule has 0 heterocycles. The normalized spacial score (nSPS) is 14.9. The van der Waals surface area contributed by atoms with Gasteiger partial charge in [-0.05, 0) is 68.0 Å². The molecule has 0 saturated carbocycles. The number of alkyl halides is 1. The van der Waals surface area contributed by atoms with E-state index in [-0.39, 0.29) is 22.8 Å². The average Bonchev–Trinajstić information content (AvgIpc) is 2.85. The van der Waals surface area contributed by atoms with E-state index in [1.807, 2.05) is 48.5 Å². The first kappa shape index (κ1) is 26.7. The Hall–Kier alpha value is -2.85. The van der Waals surface area contributed by atoms with Gasteiger partial charge in [0.15, 0.2) is 0 Å². The molecule has 0 bridgehead atoms. The highest BCUT2D eigenvalue weighted by molar-refractivity contribution is 14.1. The van der Waals surface area contributed by atoms with E-state index < -0.39 is 0 Å². The van der Waals surface area contributed by atoms with Crippen LogP contribution >= 0.6 is 22.6 Å². The molecular weight excluding hydrogens is 553 g/mol. The Morgan fingerprint density at radius 3 is 2.09 bits per heavy atom. The molecule has 0 radical (unpaired) electrons. The van der Waals surface area contributed by atoms with E-state index in [1.165, 1.54) is 4.90 Å². The Bertz CT molecular complexity index is 1090. The molecule has 0 amide bonds. The number of quaternary nitrogens is 1. The standard InChI is InChI=1S/C27H34IN5O2/c1-19-26(34)24(31-22-10-6-20(7-11-22)29-15-4-14-28)18-25(27(19)35)32-23-12-8-21(9-13-23)30-16-5-17-33(2)3/h6-13,18,29-31,34H,4-5,14-17H2,1-3H3/p+1. The van der Waals surface area contributed by atoms with Crippen molar-refractivity contribution in [2.75, 3.05) is 54.1 Å². The number of Topliss-reactive ketones (excluding diaryl/α,β-unsaturated/α-hetero) is 1. The van der Waals surface area contributed by atoms with E-state index in [4.69, 9.17) is 0 Å². The summed E-state index contributed by atoms with van der Waals surface area (Å²) >= 11 is 2.37. The Kier molecular flexibility index (Phi) is 10.2. The molecule has 0 fully saturated rings. The molecule has 2 aromatic carbocycles. The van der Waals surface area contributed by atoms with Crippen molar-refractivity contribution < 1.29 is 14.8 Å². The lowest BCUT2D eigenvalue weighted by atomic mass is 9.99. The van der Waals surface area contributed by atoms with Crippen molar-refractivity contribution in [2.45, 2.75) is 19.8 Å². The number of hydrogen-bond donors (Lipinski definition) is 5. The number of aliphatic hydroxyl groups is 1. The molecule has 5 N–H and O–H groups in total. The minimum Gasteiger partial charge on any atom is -0.505 e. The average molecular weight is 589 g/mol. The molecule has 0 atom stereocenters. The fourth-order valence-corrected chi connectivity index (χ4v) is 3.93. The van der Waals surface area contributed by atoms with Crippen molar-refractivity contribution in [3.05, 3.63) is 71.6 Å². The maximum absolute atomic E-state index is 12.8. The van der Waals surface area contributed by atoms with Crippen LogP contribution in [-0.4, -0.2) is 54.8 Å². The third-order valence-corrected chi connectivity index (χ3v) is 6.33. The third-order valence-electron chi connectivity index (χ3n) is 5.57. The number of ketones is 1. The van der Waals surface area contributed by atoms with Crippen LogP contribution in [0.1, 0.15) is 19.8 Å². The Labute approximate surface area is 221 Å². The molecule has 2 aromatic rings. The maximum Gasteiger partial charge on any atom is 0.210 e. The smallest absolute Gasteiger partial charge is 0.210 e. The molecular formula is C27H35IN5O2+. The number of hydrogen-bond acceptors (Lipinski definition) is 6. The van der Waals surface area contributed by atoms with Gasteiger partial charge in [-0.3, -0.25) is 4.79 Å². The van der Waals surface area contributed by atoms with Gasteiger partial charge < -0.3 is 26.0 Å². The van der Waals surface area contributed by atoms with Gasteiger partial charge in [-0.25, -0.2) is 4.99 Å². The quantitative estimate of drug-likeness (QED) is 0.110. The number of nitrogens with zero attached hydrogens (tertiary/aromatic N) is 1. The summed E-state index contributed by atoms with van der Waals surface area (Å²) in [7, 11) is 4.30. The highest BCUT2D eigenvalue weighted by Crippen LogP contribution is 2.25. The summed E-state index contributed by atoms with van der Waals surface area (Å²) in [5.41, 5.74) is 4.58. The number of carbonyl (C=O) groups is 1. The predicted molar refractivity (Wildman–Crippen MR) is 155 cm³/mol. The van der Waals surface area contributed by atoms with Crippen LogP contribution in [0.3, 0.4) is 0 Å². The molecule has 186 valence electrons. The molecule has 0 spiro atoms. The van der Waals surface area contributed by atoms with Gasteiger partial charge in [-0.1, -0.05) is 22.6 Å². The van der Waals surface area contributed by atoms with Crippen LogP contribution in [-0.2, 0) is 4.79 Å². The molecule has 8 heteroatoms. The van der Waals surface area contributed by atoms with Gasteiger partial charge in [0.05, 0.1) is 32.0 Å². The Morgan fingerprint density at radius 1 is 0.914 bits per heavy atom. The van der Waals surface area contributed by atoms with Gasteiger partial charge in [0.2, 0.25) is 5.78 Å². The van der Waals surface area contributed by atoms with E-state index in [1.54, 1.807) is 13.0 Å². The van der Waals surface area contributed by atoms with Crippen LogP contribution < -0.4 is 20.9 Å². The van der Waals surface area contributed by atoms with Gasteiger partial charge in [0.1, 0.15) is 11.5 Å². The minimum atomic E-state index is -0.281. The largest absolute Gasteiger partial charge is 0.505 e. The van der Waals surface area contributed by atoms with Gasteiger partial charge in [-0.2, -0.15) is 0 Å². The van der Waals surface area contributed by atoms with E-state index >= 15 is 0 Å². The molecule has 0 unspecified atom stereocenters. The first-order valence-electron chi connectivity index (χ1n) is 11.9. The van der Waals surface area contributed by atoms with Crippen molar-refractivity contribution in [1.29, 1.82) is 0 Å². The minimum absolute atomic E-state index is 0.0580. The third kappa shape index (κ3) is 8.10. The number of carbonyl (C=O) groups excluding carboxylic acids is 1. The number of nitrogens with one attached hydrogen (secondary N) is 4. The van der Waals surface area contributed by atoms with Crippen LogP contribution in [0.25, 0.3) is 0 Å². The van der Waals surface area contributed by atoms with Crippen LogP contribution in [0.15, 0.2) is 76.6 Å². The van der Waals surface area contributed by atoms with Gasteiger partial charge in [0, 0.05) is 46.6 Å². The maximum atomic E-state index is 12.8. The lowest BCUT2D eigenvalue weighted by molar-refractivity contribution is -0.858. The molecule has 0 saturated heterocycles. The highest BCUT2D eigenvalue weighted by atomic mass is 127. The van der Waals surface area contributed by atoms with Crippen molar-refractivity contribution in [2.24, 2.45) is 4.99 Å². The molecule has 0 aromatic heterocycles. The van der Waals surface area contributed by atoms with E-state index in [0.29, 0.717) is 11.4 Å². The lowest BCUT2D eigenvalue weighted by Gasteiger charge is -2.18. The van der Waals surface area contributed by atoms with Gasteiger partial charge >= 0.3 is 0 Å². The summed E-state index contributed by atoms with van der Waals surface area (Å²) in [6, 6.07) is 15.6. The second-order valence-electron chi connectivity index (χ2n) is 8.81. The molecule has 3 rings (SSSR count). The number of rotatable bonds is 12. The summed E-state index contributed by atoms with van der Waals surface area (Å²) in [5, 5.41) is 20.6. The second kappa shape index (κ2) is 13.3. The van der Waals surface area contributed by atoms with Crippen LogP contribution in [0.2, 0.25) is 0 Å². The van der Waals surface area contributed by atoms with Crippen molar-refractivity contribution in [1.82, 2.24) is 0 Å². The van der Waals surface area contributed by atoms with E-state index in [9.17, 15) is 9.90 Å². The Morgan fingerprint density at radius 2 is 1.49 bits per heavy atom. The summed E-state index contributed by atoms with van der Waals surface area (Å²) in [6.07, 6.45) is 3.81. The van der Waals surface area contributed by atoms with Crippen LogP contribution in [0, 0.1) is 0 Å². The zero-order valence-electron chi connectivity index (χ0n) is 20.6. The van der Waals surface area contributed by atoms with Gasteiger partial charge in [0.25, 0.3) is 0 Å². The fourth-order valence-electron chi connectivity index (χ4n) is 3.54. The van der Waals surface area contributed by atoms with Crippen LogP contribution in [0.5, 0.6) is 0 Å². The summed E-state index contributed by atoms with van der Waals surface area (Å²) in [5.74, 6) is -0.339. The van der Waals surface area contributed by atoms with Crippen molar-refractivity contribution in [3.63, 3.8) is 0 Å². The number of aliphatic hydroxyl groups excluding tert-OH is 1. The zero-order chi connectivity index (χ0) is 25.2. The first-order chi connectivity index (χ1) is 16.9.